The fraction of sp³-hybridized carbons (Fsp3) is 0.750. The van der Waals surface area contributed by atoms with Crippen LogP contribution in [0.5, 0.6) is 0 Å². The van der Waals surface area contributed by atoms with Gasteiger partial charge in [0.05, 0.1) is 0 Å². The highest BCUT2D eigenvalue weighted by molar-refractivity contribution is 5.93. The lowest BCUT2D eigenvalue weighted by Gasteiger charge is -1.97. The molecule has 0 aromatic carbocycles. The molecule has 72 valence electrons. The molecule has 0 spiro atoms. The summed E-state index contributed by atoms with van der Waals surface area (Å²) < 4.78 is 0. The zero-order chi connectivity index (χ0) is 9.10. The van der Waals surface area contributed by atoms with Gasteiger partial charge < -0.3 is 0 Å². The first-order valence-corrected chi connectivity index (χ1v) is 5.58. The Kier molecular flexibility index (Phi) is 2.82. The molecule has 2 rings (SSSR count). The smallest absolute Gasteiger partial charge is 0.158 e. The molecule has 0 aromatic rings. The van der Waals surface area contributed by atoms with Crippen molar-refractivity contribution in [2.45, 2.75) is 44.9 Å². The van der Waals surface area contributed by atoms with Gasteiger partial charge in [-0.2, -0.15) is 0 Å². The van der Waals surface area contributed by atoms with Gasteiger partial charge in [0.1, 0.15) is 0 Å². The van der Waals surface area contributed by atoms with Gasteiger partial charge >= 0.3 is 0 Å². The summed E-state index contributed by atoms with van der Waals surface area (Å²) in [6.07, 6.45) is 12.8. The van der Waals surface area contributed by atoms with Crippen LogP contribution in [0, 0.1) is 11.8 Å². The first kappa shape index (κ1) is 8.98. The average molecular weight is 178 g/mol. The summed E-state index contributed by atoms with van der Waals surface area (Å²) in [7, 11) is 0. The summed E-state index contributed by atoms with van der Waals surface area (Å²) in [6.45, 7) is 0. The molecule has 0 radical (unpaired) electrons. The maximum absolute atomic E-state index is 11.5. The highest BCUT2D eigenvalue weighted by atomic mass is 16.1. The minimum absolute atomic E-state index is 0.395. The third-order valence-corrected chi connectivity index (χ3v) is 3.27. The largest absolute Gasteiger partial charge is 0.295 e. The van der Waals surface area contributed by atoms with Crippen LogP contribution in [0.4, 0.5) is 0 Å². The molecule has 13 heavy (non-hydrogen) atoms. The van der Waals surface area contributed by atoms with Crippen LogP contribution < -0.4 is 0 Å². The Morgan fingerprint density at radius 2 is 2.00 bits per heavy atom. The summed E-state index contributed by atoms with van der Waals surface area (Å²) in [6, 6.07) is 0. The highest BCUT2D eigenvalue weighted by Crippen LogP contribution is 2.43. The fourth-order valence-electron chi connectivity index (χ4n) is 2.26. The lowest BCUT2D eigenvalue weighted by Crippen LogP contribution is -1.97. The Hall–Kier alpha value is -0.590. The van der Waals surface area contributed by atoms with Crippen molar-refractivity contribution in [3.63, 3.8) is 0 Å². The van der Waals surface area contributed by atoms with Gasteiger partial charge in [-0.05, 0) is 37.7 Å². The van der Waals surface area contributed by atoms with Gasteiger partial charge in [0.25, 0.3) is 0 Å². The molecular weight excluding hydrogens is 160 g/mol. The number of hydrogen-bond donors (Lipinski definition) is 0. The van der Waals surface area contributed by atoms with E-state index in [0.29, 0.717) is 11.7 Å². The van der Waals surface area contributed by atoms with Crippen molar-refractivity contribution < 1.29 is 4.79 Å². The van der Waals surface area contributed by atoms with Crippen LogP contribution in [0.25, 0.3) is 0 Å². The molecule has 0 heterocycles. The average Bonchev–Trinajstić information content (AvgIpc) is 2.87. The topological polar surface area (TPSA) is 17.1 Å². The Morgan fingerprint density at radius 3 is 2.92 bits per heavy atom. The van der Waals surface area contributed by atoms with Crippen LogP contribution in [0.1, 0.15) is 44.9 Å². The van der Waals surface area contributed by atoms with Gasteiger partial charge in [-0.15, -0.1) is 0 Å². The Morgan fingerprint density at radius 1 is 1.15 bits per heavy atom. The quantitative estimate of drug-likeness (QED) is 0.557. The Bertz CT molecular complexity index is 217. The molecule has 0 saturated heterocycles. The molecule has 1 heteroatoms. The maximum Gasteiger partial charge on any atom is 0.158 e. The molecule has 0 amide bonds. The zero-order valence-corrected chi connectivity index (χ0v) is 8.17. The molecule has 0 aromatic heterocycles. The Balaban J connectivity index is 1.90. The summed E-state index contributed by atoms with van der Waals surface area (Å²) in [5.74, 6) is 1.55. The second-order valence-electron chi connectivity index (χ2n) is 4.40. The van der Waals surface area contributed by atoms with E-state index in [9.17, 15) is 4.79 Å². The normalized spacial score (nSPS) is 37.4. The van der Waals surface area contributed by atoms with Gasteiger partial charge in [-0.1, -0.05) is 25.3 Å². The van der Waals surface area contributed by atoms with E-state index in [2.05, 4.69) is 6.08 Å². The van der Waals surface area contributed by atoms with Crippen LogP contribution in [-0.4, -0.2) is 5.78 Å². The third kappa shape index (κ3) is 2.43. The number of carbonyl (C=O) groups excluding carboxylic acids is 1. The fourth-order valence-corrected chi connectivity index (χ4v) is 2.26. The number of hydrogen-bond acceptors (Lipinski definition) is 1. The molecule has 0 unspecified atom stereocenters. The molecule has 2 aliphatic carbocycles. The SMILES string of the molecule is O=C1/C=C/CCCCCC[C@@H]2C[C@H]12. The van der Waals surface area contributed by atoms with E-state index in [-0.39, 0.29) is 0 Å². The van der Waals surface area contributed by atoms with Gasteiger partial charge in [0.2, 0.25) is 0 Å². The number of carbonyl (C=O) groups is 1. The van der Waals surface area contributed by atoms with E-state index in [0.717, 1.165) is 12.3 Å². The number of ketones is 1. The minimum Gasteiger partial charge on any atom is -0.295 e. The highest BCUT2D eigenvalue weighted by Gasteiger charge is 2.40. The summed E-state index contributed by atoms with van der Waals surface area (Å²) in [5.41, 5.74) is 0. The van der Waals surface area contributed by atoms with Crippen LogP contribution in [-0.2, 0) is 4.79 Å². The van der Waals surface area contributed by atoms with Crippen LogP contribution in [0.3, 0.4) is 0 Å². The Labute approximate surface area is 80.2 Å². The van der Waals surface area contributed by atoms with E-state index in [1.54, 1.807) is 0 Å². The number of rotatable bonds is 0. The van der Waals surface area contributed by atoms with Gasteiger partial charge in [-0.3, -0.25) is 4.79 Å². The summed E-state index contributed by atoms with van der Waals surface area (Å²) >= 11 is 0. The first-order chi connectivity index (χ1) is 6.38. The predicted molar refractivity (Wildman–Crippen MR) is 53.4 cm³/mol. The second kappa shape index (κ2) is 4.08. The van der Waals surface area contributed by atoms with Crippen LogP contribution in [0.15, 0.2) is 12.2 Å². The van der Waals surface area contributed by atoms with Crippen LogP contribution in [0.2, 0.25) is 0 Å². The summed E-state index contributed by atoms with van der Waals surface area (Å²) in [4.78, 5) is 11.5. The van der Waals surface area contributed by atoms with Crippen molar-refractivity contribution in [1.29, 1.82) is 0 Å². The molecule has 0 N–H and O–H groups in total. The lowest BCUT2D eigenvalue weighted by molar-refractivity contribution is -0.116. The van der Waals surface area contributed by atoms with E-state index >= 15 is 0 Å². The molecular formula is C12H18O. The number of allylic oxidation sites excluding steroid dienone is 2. The van der Waals surface area contributed by atoms with E-state index in [1.165, 1.54) is 38.5 Å². The van der Waals surface area contributed by atoms with Crippen molar-refractivity contribution in [3.05, 3.63) is 12.2 Å². The minimum atomic E-state index is 0.395. The molecule has 1 fully saturated rings. The number of fused-ring (bicyclic) bond motifs is 1. The monoisotopic (exact) mass is 178 g/mol. The molecule has 0 bridgehead atoms. The van der Waals surface area contributed by atoms with E-state index < -0.39 is 0 Å². The van der Waals surface area contributed by atoms with E-state index in [1.807, 2.05) is 6.08 Å². The molecule has 2 atom stereocenters. The van der Waals surface area contributed by atoms with Crippen molar-refractivity contribution >= 4 is 5.78 Å². The lowest BCUT2D eigenvalue weighted by atomic mass is 10.1. The van der Waals surface area contributed by atoms with E-state index in [4.69, 9.17) is 0 Å². The van der Waals surface area contributed by atoms with Crippen molar-refractivity contribution in [2.24, 2.45) is 11.8 Å². The van der Waals surface area contributed by atoms with Crippen molar-refractivity contribution in [1.82, 2.24) is 0 Å². The second-order valence-corrected chi connectivity index (χ2v) is 4.40. The molecule has 1 saturated carbocycles. The van der Waals surface area contributed by atoms with Gasteiger partial charge in [0, 0.05) is 5.92 Å². The van der Waals surface area contributed by atoms with Crippen molar-refractivity contribution in [3.8, 4) is 0 Å². The predicted octanol–water partition coefficient (Wildman–Crippen LogP) is 3.10. The molecule has 1 nitrogen and oxygen atoms in total. The van der Waals surface area contributed by atoms with Gasteiger partial charge in [-0.25, -0.2) is 0 Å². The molecule has 2 aliphatic rings. The standard InChI is InChI=1S/C12H18O/c13-12-8-6-4-2-1-3-5-7-10-9-11(10)12/h6,8,10-11H,1-5,7,9H2/b8-6+/t10-,11+/m1/s1. The van der Waals surface area contributed by atoms with Gasteiger partial charge in [0.15, 0.2) is 5.78 Å². The first-order valence-electron chi connectivity index (χ1n) is 5.58. The third-order valence-electron chi connectivity index (χ3n) is 3.27. The maximum atomic E-state index is 11.5. The zero-order valence-electron chi connectivity index (χ0n) is 8.17. The summed E-state index contributed by atoms with van der Waals surface area (Å²) in [5, 5.41) is 0. The van der Waals surface area contributed by atoms with Crippen molar-refractivity contribution in [2.75, 3.05) is 0 Å². The van der Waals surface area contributed by atoms with Crippen LogP contribution >= 0.6 is 0 Å². The molecule has 0 aliphatic heterocycles.